The summed E-state index contributed by atoms with van der Waals surface area (Å²) < 4.78 is 26.7. The van der Waals surface area contributed by atoms with E-state index in [4.69, 9.17) is 5.11 Å². The Kier molecular flexibility index (Phi) is 3.88. The van der Waals surface area contributed by atoms with Gasteiger partial charge in [-0.05, 0) is 0 Å². The van der Waals surface area contributed by atoms with Crippen molar-refractivity contribution in [3.8, 4) is 0 Å². The molecule has 2 rings (SSSR count). The second-order valence-electron chi connectivity index (χ2n) is 3.89. The van der Waals surface area contributed by atoms with Gasteiger partial charge in [0.2, 0.25) is 0 Å². The van der Waals surface area contributed by atoms with Crippen molar-refractivity contribution in [2.75, 3.05) is 6.61 Å². The minimum absolute atomic E-state index is 0.503. The molecule has 3 atom stereocenters. The van der Waals surface area contributed by atoms with E-state index < -0.39 is 46.2 Å². The van der Waals surface area contributed by atoms with Crippen LogP contribution in [0.3, 0.4) is 0 Å². The molecule has 3 N–H and O–H groups in total. The quantitative estimate of drug-likeness (QED) is 0.693. The SMILES string of the molecule is O=c1ccn([C@@H]2S[C@@H](CO)C(O)C2=C(F)F)c(=O)[nH]1. The smallest absolute Gasteiger partial charge is 0.329 e. The summed E-state index contributed by atoms with van der Waals surface area (Å²) >= 11 is 0.831. The third-order valence-corrected chi connectivity index (χ3v) is 4.24. The van der Waals surface area contributed by atoms with Crippen LogP contribution in [0.4, 0.5) is 8.78 Å². The summed E-state index contributed by atoms with van der Waals surface area (Å²) in [7, 11) is 0. The topological polar surface area (TPSA) is 95.3 Å². The maximum Gasteiger partial charge on any atom is 0.329 e. The molecular weight excluding hydrogens is 282 g/mol. The van der Waals surface area contributed by atoms with Gasteiger partial charge in [-0.15, -0.1) is 11.8 Å². The van der Waals surface area contributed by atoms with Crippen LogP contribution >= 0.6 is 11.8 Å². The number of thioether (sulfide) groups is 1. The summed E-state index contributed by atoms with van der Waals surface area (Å²) in [5.74, 6) is 0. The molecule has 1 aliphatic rings. The highest BCUT2D eigenvalue weighted by Crippen LogP contribution is 2.46. The summed E-state index contributed by atoms with van der Waals surface area (Å²) in [6, 6.07) is 1.02. The molecule has 2 heterocycles. The number of aromatic nitrogens is 2. The normalized spacial score (nSPS) is 26.7. The maximum absolute atomic E-state index is 12.9. The lowest BCUT2D eigenvalue weighted by molar-refractivity contribution is 0.164. The Bertz CT molecular complexity index is 622. The van der Waals surface area contributed by atoms with E-state index in [2.05, 4.69) is 0 Å². The largest absolute Gasteiger partial charge is 0.395 e. The summed E-state index contributed by atoms with van der Waals surface area (Å²) in [6.07, 6.45) is -2.56. The van der Waals surface area contributed by atoms with Crippen molar-refractivity contribution in [1.29, 1.82) is 0 Å². The standard InChI is InChI=1S/C10H10F2N2O4S/c11-8(12)6-7(17)4(3-15)19-9(6)14-2-1-5(16)13-10(14)18/h1-2,4,7,9,15,17H,3H2,(H,13,16,18)/t4-,7?,9+/m0/s1. The second-order valence-corrected chi connectivity index (χ2v) is 5.21. The molecule has 1 saturated heterocycles. The second kappa shape index (κ2) is 5.27. The van der Waals surface area contributed by atoms with E-state index in [0.717, 1.165) is 28.6 Å². The van der Waals surface area contributed by atoms with Gasteiger partial charge < -0.3 is 10.2 Å². The number of hydrogen-bond acceptors (Lipinski definition) is 5. The molecule has 0 spiro atoms. The Labute approximate surface area is 109 Å². The first-order valence-corrected chi connectivity index (χ1v) is 6.21. The molecule has 1 aromatic heterocycles. The van der Waals surface area contributed by atoms with Crippen LogP contribution in [0.1, 0.15) is 5.37 Å². The molecule has 1 fully saturated rings. The molecule has 1 aromatic rings. The fourth-order valence-electron chi connectivity index (χ4n) is 1.84. The highest BCUT2D eigenvalue weighted by Gasteiger charge is 2.42. The van der Waals surface area contributed by atoms with E-state index in [0.29, 0.717) is 0 Å². The monoisotopic (exact) mass is 292 g/mol. The molecule has 0 aliphatic carbocycles. The predicted octanol–water partition coefficient (Wildman–Crippen LogP) is -0.346. The van der Waals surface area contributed by atoms with E-state index in [1.165, 1.54) is 0 Å². The highest BCUT2D eigenvalue weighted by atomic mass is 32.2. The van der Waals surface area contributed by atoms with Crippen LogP contribution in [0.25, 0.3) is 0 Å². The van der Waals surface area contributed by atoms with Gasteiger partial charge in [0, 0.05) is 12.3 Å². The van der Waals surface area contributed by atoms with Gasteiger partial charge in [0.05, 0.1) is 23.5 Å². The molecule has 9 heteroatoms. The van der Waals surface area contributed by atoms with Crippen molar-refractivity contribution in [3.63, 3.8) is 0 Å². The molecule has 0 aromatic carbocycles. The fourth-order valence-corrected chi connectivity index (χ4v) is 3.22. The summed E-state index contributed by atoms with van der Waals surface area (Å²) in [5.41, 5.74) is -2.12. The zero-order chi connectivity index (χ0) is 14.2. The van der Waals surface area contributed by atoms with E-state index in [-0.39, 0.29) is 0 Å². The highest BCUT2D eigenvalue weighted by molar-refractivity contribution is 8.00. The van der Waals surface area contributed by atoms with Gasteiger partial charge in [0.25, 0.3) is 11.6 Å². The number of nitrogens with zero attached hydrogens (tertiary/aromatic N) is 1. The first-order chi connectivity index (χ1) is 8.95. The lowest BCUT2D eigenvalue weighted by Crippen LogP contribution is -2.31. The van der Waals surface area contributed by atoms with Crippen molar-refractivity contribution in [1.82, 2.24) is 9.55 Å². The van der Waals surface area contributed by atoms with Gasteiger partial charge in [-0.1, -0.05) is 0 Å². The van der Waals surface area contributed by atoms with Gasteiger partial charge in [-0.25, -0.2) is 4.79 Å². The van der Waals surface area contributed by atoms with Gasteiger partial charge in [-0.2, -0.15) is 8.78 Å². The number of rotatable bonds is 2. The number of halogens is 2. The summed E-state index contributed by atoms with van der Waals surface area (Å²) in [5, 5.41) is 16.7. The van der Waals surface area contributed by atoms with Gasteiger partial charge in [0.15, 0.2) is 0 Å². The molecule has 0 bridgehead atoms. The fraction of sp³-hybridized carbons (Fsp3) is 0.400. The summed E-state index contributed by atoms with van der Waals surface area (Å²) in [6.45, 7) is -0.503. The third-order valence-electron chi connectivity index (χ3n) is 2.74. The Balaban J connectivity index is 2.52. The average molecular weight is 292 g/mol. The van der Waals surface area contributed by atoms with Gasteiger partial charge in [0.1, 0.15) is 5.37 Å². The van der Waals surface area contributed by atoms with E-state index in [9.17, 15) is 23.5 Å². The van der Waals surface area contributed by atoms with Gasteiger partial charge in [-0.3, -0.25) is 14.3 Å². The maximum atomic E-state index is 12.9. The Morgan fingerprint density at radius 1 is 1.47 bits per heavy atom. The molecule has 0 amide bonds. The van der Waals surface area contributed by atoms with Crippen LogP contribution in [0.2, 0.25) is 0 Å². The van der Waals surface area contributed by atoms with Crippen molar-refractivity contribution in [3.05, 3.63) is 44.8 Å². The van der Waals surface area contributed by atoms with Crippen molar-refractivity contribution in [2.24, 2.45) is 0 Å². The lowest BCUT2D eigenvalue weighted by Gasteiger charge is -2.13. The van der Waals surface area contributed by atoms with Crippen LogP contribution in [-0.2, 0) is 0 Å². The first kappa shape index (κ1) is 14.0. The number of nitrogens with one attached hydrogen (secondary N) is 1. The van der Waals surface area contributed by atoms with E-state index in [1.54, 1.807) is 0 Å². The number of H-pyrrole nitrogens is 1. The van der Waals surface area contributed by atoms with E-state index in [1.807, 2.05) is 4.98 Å². The molecule has 6 nitrogen and oxygen atoms in total. The van der Waals surface area contributed by atoms with Crippen LogP contribution in [-0.4, -0.2) is 37.7 Å². The zero-order valence-corrected chi connectivity index (χ0v) is 10.2. The Hall–Kier alpha value is -1.45. The molecule has 0 saturated carbocycles. The molecular formula is C10H10F2N2O4S. The van der Waals surface area contributed by atoms with Crippen LogP contribution in [0.15, 0.2) is 33.5 Å². The van der Waals surface area contributed by atoms with Crippen molar-refractivity contribution >= 4 is 11.8 Å². The lowest BCUT2D eigenvalue weighted by atomic mass is 10.1. The number of aliphatic hydroxyl groups is 2. The van der Waals surface area contributed by atoms with Gasteiger partial charge >= 0.3 is 5.69 Å². The Morgan fingerprint density at radius 2 is 2.16 bits per heavy atom. The molecule has 19 heavy (non-hydrogen) atoms. The van der Waals surface area contributed by atoms with Crippen molar-refractivity contribution in [2.45, 2.75) is 16.7 Å². The van der Waals surface area contributed by atoms with Crippen LogP contribution in [0, 0.1) is 0 Å². The first-order valence-electron chi connectivity index (χ1n) is 5.26. The number of hydrogen-bond donors (Lipinski definition) is 3. The van der Waals surface area contributed by atoms with E-state index >= 15 is 0 Å². The predicted molar refractivity (Wildman–Crippen MR) is 64.1 cm³/mol. The Morgan fingerprint density at radius 3 is 2.68 bits per heavy atom. The molecule has 1 aliphatic heterocycles. The average Bonchev–Trinajstić information content (AvgIpc) is 2.66. The number of aromatic amines is 1. The molecule has 1 unspecified atom stereocenters. The minimum Gasteiger partial charge on any atom is -0.395 e. The third kappa shape index (κ3) is 2.48. The molecule has 0 radical (unpaired) electrons. The zero-order valence-electron chi connectivity index (χ0n) is 9.42. The number of aliphatic hydroxyl groups excluding tert-OH is 2. The van der Waals surface area contributed by atoms with Crippen LogP contribution < -0.4 is 11.2 Å². The van der Waals surface area contributed by atoms with Crippen molar-refractivity contribution < 1.29 is 19.0 Å². The van der Waals surface area contributed by atoms with Crippen LogP contribution in [0.5, 0.6) is 0 Å². The summed E-state index contributed by atoms with van der Waals surface area (Å²) in [4.78, 5) is 24.5. The molecule has 104 valence electrons. The minimum atomic E-state index is -2.10.